The molecular weight excluding hydrogens is 672 g/mol. The van der Waals surface area contributed by atoms with E-state index >= 15 is 0 Å². The van der Waals surface area contributed by atoms with Crippen LogP contribution in [0.5, 0.6) is 0 Å². The number of carbonyl (C=O) groups excluding carboxylic acids is 5. The molecule has 1 heterocycles. The van der Waals surface area contributed by atoms with E-state index in [0.29, 0.717) is 11.4 Å². The van der Waals surface area contributed by atoms with Gasteiger partial charge in [-0.25, -0.2) is 0 Å². The van der Waals surface area contributed by atoms with Gasteiger partial charge in [0.05, 0.1) is 24.7 Å². The Labute approximate surface area is 313 Å². The Morgan fingerprint density at radius 3 is 1.91 bits per heavy atom. The van der Waals surface area contributed by atoms with E-state index in [1.54, 1.807) is 48.5 Å². The third-order valence-corrected chi connectivity index (χ3v) is 9.29. The maximum atomic E-state index is 12.7. The highest BCUT2D eigenvalue weighted by molar-refractivity contribution is 6.11. The summed E-state index contributed by atoms with van der Waals surface area (Å²) >= 11 is 0. The molecule has 286 valence electrons. The molecule has 0 saturated carbocycles. The number of allylic oxidation sites excluding steroid dienone is 3. The minimum Gasteiger partial charge on any atom is -0.481 e. The first-order valence-corrected chi connectivity index (χ1v) is 19.3. The van der Waals surface area contributed by atoms with Gasteiger partial charge < -0.3 is 20.5 Å². The van der Waals surface area contributed by atoms with Crippen LogP contribution in [-0.2, 0) is 28.7 Å². The van der Waals surface area contributed by atoms with Gasteiger partial charge in [-0.2, -0.15) is 0 Å². The van der Waals surface area contributed by atoms with Gasteiger partial charge >= 0.3 is 17.9 Å². The Kier molecular flexibility index (Phi) is 20.2. The lowest BCUT2D eigenvalue weighted by molar-refractivity contribution is -0.153. The van der Waals surface area contributed by atoms with Gasteiger partial charge in [0, 0.05) is 23.4 Å². The first-order chi connectivity index (χ1) is 25.7. The molecule has 1 saturated heterocycles. The van der Waals surface area contributed by atoms with Crippen molar-refractivity contribution in [1.29, 1.82) is 0 Å². The van der Waals surface area contributed by atoms with Crippen LogP contribution in [0, 0.1) is 11.8 Å². The van der Waals surface area contributed by atoms with Crippen LogP contribution in [0.3, 0.4) is 0 Å². The number of hydrogen-bond acceptors (Lipinski definition) is 7. The lowest BCUT2D eigenvalue weighted by Crippen LogP contribution is -2.21. The van der Waals surface area contributed by atoms with Gasteiger partial charge in [-0.1, -0.05) is 138 Å². The fraction of sp³-hybridized carbons (Fsp3) is 0.488. The molecule has 2 atom stereocenters. The van der Waals surface area contributed by atoms with E-state index in [-0.39, 0.29) is 42.7 Å². The van der Waals surface area contributed by atoms with Crippen molar-refractivity contribution in [1.82, 2.24) is 0 Å². The summed E-state index contributed by atoms with van der Waals surface area (Å²) in [4.78, 5) is 71.9. The second-order valence-corrected chi connectivity index (χ2v) is 13.8. The van der Waals surface area contributed by atoms with Crippen molar-refractivity contribution in [2.45, 2.75) is 122 Å². The molecule has 1 fully saturated rings. The Balaban J connectivity index is 1.18. The summed E-state index contributed by atoms with van der Waals surface area (Å²) in [6.07, 6.45) is 25.3. The number of esters is 2. The topological polar surface area (TPSA) is 156 Å². The number of ketones is 1. The molecule has 1 aliphatic rings. The van der Waals surface area contributed by atoms with Gasteiger partial charge in [-0.05, 0) is 43.5 Å². The van der Waals surface area contributed by atoms with Crippen LogP contribution in [0.4, 0.5) is 11.4 Å². The average molecular weight is 729 g/mol. The number of rotatable bonds is 27. The van der Waals surface area contributed by atoms with Crippen molar-refractivity contribution in [3.63, 3.8) is 0 Å². The molecule has 3 rings (SSSR count). The zero-order valence-electron chi connectivity index (χ0n) is 30.9. The number of unbranched alkanes of at least 4 members (excludes halogenated alkanes) is 14. The zero-order valence-corrected chi connectivity index (χ0v) is 30.9. The van der Waals surface area contributed by atoms with Crippen molar-refractivity contribution in [2.75, 3.05) is 10.6 Å². The van der Waals surface area contributed by atoms with Crippen LogP contribution >= 0.6 is 0 Å². The Hall–Kier alpha value is -4.86. The molecule has 10 heteroatoms. The molecule has 2 aromatic carbocycles. The van der Waals surface area contributed by atoms with Gasteiger partial charge in [-0.3, -0.25) is 28.8 Å². The molecule has 2 aromatic rings. The summed E-state index contributed by atoms with van der Waals surface area (Å²) in [7, 11) is 0. The number of benzene rings is 2. The fourth-order valence-electron chi connectivity index (χ4n) is 6.28. The molecule has 2 amide bonds. The number of hydrogen-bond donors (Lipinski definition) is 3. The molecule has 0 aliphatic carbocycles. The standard InChI is InChI=1S/C43H56N2O8/c46-38(32-40(48)44-36-26-20-17-21-27-36)33-25-22-28-37(29-33)45-39(47)30-34(42(50)51)23-18-15-13-11-9-7-5-3-1-2-4-6-8-10-12-14-16-19-24-35-31-41(49)53-43(35)52/h13,15,17-18,20-23,25-29,34-35H,1-12,14,16,19,24,30-32H2,(H,44,48)(H,45,47)(H,50,51)/b15-13+,23-18+/t34-,35-/m1/s1. The van der Waals surface area contributed by atoms with Gasteiger partial charge in [0.2, 0.25) is 11.8 Å². The third-order valence-electron chi connectivity index (χ3n) is 9.29. The lowest BCUT2D eigenvalue weighted by atomic mass is 9.98. The highest BCUT2D eigenvalue weighted by atomic mass is 16.6. The van der Waals surface area contributed by atoms with Crippen LogP contribution in [0.15, 0.2) is 78.9 Å². The van der Waals surface area contributed by atoms with Crippen LogP contribution in [0.1, 0.15) is 132 Å². The monoisotopic (exact) mass is 728 g/mol. The number of carboxylic acids is 1. The molecule has 3 N–H and O–H groups in total. The number of Topliss-reactive ketones (excluding diaryl/α,β-unsaturated/α-hetero) is 1. The van der Waals surface area contributed by atoms with E-state index in [9.17, 15) is 33.9 Å². The van der Waals surface area contributed by atoms with E-state index in [2.05, 4.69) is 15.4 Å². The maximum absolute atomic E-state index is 12.7. The molecule has 10 nitrogen and oxygen atoms in total. The smallest absolute Gasteiger partial charge is 0.317 e. The molecule has 0 radical (unpaired) electrons. The Bertz CT molecular complexity index is 1530. The van der Waals surface area contributed by atoms with E-state index in [4.69, 9.17) is 0 Å². The average Bonchev–Trinajstić information content (AvgIpc) is 3.46. The molecule has 1 aliphatic heterocycles. The van der Waals surface area contributed by atoms with Gasteiger partial charge in [0.1, 0.15) is 0 Å². The van der Waals surface area contributed by atoms with Crippen molar-refractivity contribution in [2.24, 2.45) is 11.8 Å². The number of cyclic esters (lactones) is 2. The summed E-state index contributed by atoms with van der Waals surface area (Å²) in [6.45, 7) is 0. The molecule has 0 spiro atoms. The molecule has 0 bridgehead atoms. The summed E-state index contributed by atoms with van der Waals surface area (Å²) in [5.41, 5.74) is 1.20. The van der Waals surface area contributed by atoms with Gasteiger partial charge in [0.15, 0.2) is 5.78 Å². The molecule has 53 heavy (non-hydrogen) atoms. The minimum absolute atomic E-state index is 0.210. The fourth-order valence-corrected chi connectivity index (χ4v) is 6.28. The van der Waals surface area contributed by atoms with E-state index < -0.39 is 29.5 Å². The quantitative estimate of drug-likeness (QED) is 0.0270. The highest BCUT2D eigenvalue weighted by Crippen LogP contribution is 2.23. The zero-order chi connectivity index (χ0) is 38.1. The molecule has 0 unspecified atom stereocenters. The number of amides is 2. The van der Waals surface area contributed by atoms with Crippen LogP contribution < -0.4 is 10.6 Å². The second kappa shape index (κ2) is 25.2. The van der Waals surface area contributed by atoms with Crippen molar-refractivity contribution >= 4 is 46.9 Å². The normalized spacial score (nSPS) is 14.8. The number of nitrogens with one attached hydrogen (secondary N) is 2. The highest BCUT2D eigenvalue weighted by Gasteiger charge is 2.32. The van der Waals surface area contributed by atoms with Crippen LogP contribution in [-0.4, -0.2) is 40.6 Å². The predicted octanol–water partition coefficient (Wildman–Crippen LogP) is 9.37. The van der Waals surface area contributed by atoms with Crippen LogP contribution in [0.25, 0.3) is 0 Å². The first kappa shape index (κ1) is 42.6. The van der Waals surface area contributed by atoms with E-state index in [1.165, 1.54) is 76.4 Å². The van der Waals surface area contributed by atoms with Gasteiger partial charge in [0.25, 0.3) is 0 Å². The van der Waals surface area contributed by atoms with Crippen molar-refractivity contribution in [3.05, 3.63) is 84.5 Å². The number of ether oxygens (including phenoxy) is 1. The first-order valence-electron chi connectivity index (χ1n) is 19.3. The lowest BCUT2D eigenvalue weighted by Gasteiger charge is -2.10. The SMILES string of the molecule is O=C(CC(=O)c1cccc(NC(=O)C[C@@H](/C=C/C=C/CCCCCCCCCCCCCCCC[C@@H]2CC(=O)OC2=O)C(=O)O)c1)Nc1ccccc1. The predicted molar refractivity (Wildman–Crippen MR) is 206 cm³/mol. The summed E-state index contributed by atoms with van der Waals surface area (Å²) < 4.78 is 4.60. The number of anilines is 2. The molecule has 0 aromatic heterocycles. The third kappa shape index (κ3) is 18.5. The summed E-state index contributed by atoms with van der Waals surface area (Å²) in [6, 6.07) is 15.1. The summed E-state index contributed by atoms with van der Waals surface area (Å²) in [5.74, 6) is -4.37. The maximum Gasteiger partial charge on any atom is 0.317 e. The molecular formula is C43H56N2O8. The second-order valence-electron chi connectivity index (χ2n) is 13.8. The van der Waals surface area contributed by atoms with Gasteiger partial charge in [-0.15, -0.1) is 0 Å². The van der Waals surface area contributed by atoms with E-state index in [0.717, 1.165) is 38.5 Å². The van der Waals surface area contributed by atoms with Crippen molar-refractivity contribution < 1.29 is 38.6 Å². The summed E-state index contributed by atoms with van der Waals surface area (Å²) in [5, 5.41) is 15.0. The Morgan fingerprint density at radius 1 is 0.717 bits per heavy atom. The van der Waals surface area contributed by atoms with Crippen LogP contribution in [0.2, 0.25) is 0 Å². The minimum atomic E-state index is -1.10. The number of aliphatic carboxylic acids is 1. The number of carboxylic acid groups (broad SMARTS) is 1. The number of carbonyl (C=O) groups is 6. The van der Waals surface area contributed by atoms with Crippen molar-refractivity contribution in [3.8, 4) is 0 Å². The largest absolute Gasteiger partial charge is 0.481 e. The Morgan fingerprint density at radius 2 is 1.30 bits per heavy atom. The van der Waals surface area contributed by atoms with E-state index in [1.807, 2.05) is 18.2 Å². The number of para-hydroxylation sites is 1.